The number of ether oxygens (including phenoxy) is 4. The normalized spacial score (nSPS) is 14.0. The average molecular weight is 744 g/mol. The number of thiazole rings is 1. The number of nitrogens with one attached hydrogen (secondary N) is 4. The molecule has 12 nitrogen and oxygen atoms in total. The number of hydrogen-bond acceptors (Lipinski definition) is 11. The van der Waals surface area contributed by atoms with Gasteiger partial charge in [-0.3, -0.25) is 14.4 Å². The number of aryl methyl sites for hydroxylation is 1. The molecule has 4 N–H and O–H groups in total. The van der Waals surface area contributed by atoms with E-state index in [1.807, 2.05) is 48.2 Å². The third-order valence-corrected chi connectivity index (χ3v) is 10.5. The molecule has 2 atom stereocenters. The molecule has 1 aliphatic rings. The summed E-state index contributed by atoms with van der Waals surface area (Å²) in [5, 5.41) is 12.6. The van der Waals surface area contributed by atoms with Crippen LogP contribution in [0.2, 0.25) is 0 Å². The van der Waals surface area contributed by atoms with Crippen LogP contribution in [-0.2, 0) is 16.0 Å². The fraction of sp³-hybridized carbons (Fsp3) is 0.316. The Balaban J connectivity index is 1.34. The van der Waals surface area contributed by atoms with Crippen molar-refractivity contribution in [2.75, 3.05) is 51.1 Å². The molecule has 0 spiro atoms. The highest BCUT2D eigenvalue weighted by molar-refractivity contribution is 7.98. The summed E-state index contributed by atoms with van der Waals surface area (Å²) < 4.78 is 22.6. The van der Waals surface area contributed by atoms with Gasteiger partial charge >= 0.3 is 0 Å². The van der Waals surface area contributed by atoms with Gasteiger partial charge in [0.1, 0.15) is 11.8 Å². The smallest absolute Gasteiger partial charge is 0.248 e. The lowest BCUT2D eigenvalue weighted by Gasteiger charge is -2.19. The number of carbonyl (C=O) groups is 2. The Hall–Kier alpha value is -5.21. The molecule has 0 fully saturated rings. The SMILES string of the molecule is COc1ccc2c(-c3csc(NC(=O)C(CCSC)Nc4ccc5c(cc4=O)C(NC(C)=O)CCc4cc(OC)c(OC)c(OC)c4-5)n3)c[nH]c2c1. The summed E-state index contributed by atoms with van der Waals surface area (Å²) in [4.78, 5) is 48.1. The molecule has 52 heavy (non-hydrogen) atoms. The number of nitrogens with zero attached hydrogens (tertiary/aromatic N) is 1. The fourth-order valence-electron chi connectivity index (χ4n) is 6.61. The molecular formula is C38H41N5O7S2. The van der Waals surface area contributed by atoms with E-state index in [9.17, 15) is 14.4 Å². The van der Waals surface area contributed by atoms with Gasteiger partial charge in [0.25, 0.3) is 0 Å². The molecule has 272 valence electrons. The van der Waals surface area contributed by atoms with Crippen molar-refractivity contribution in [2.24, 2.45) is 0 Å². The highest BCUT2D eigenvalue weighted by Gasteiger charge is 2.30. The monoisotopic (exact) mass is 743 g/mol. The second-order valence-corrected chi connectivity index (χ2v) is 14.1. The Morgan fingerprint density at radius 3 is 2.54 bits per heavy atom. The lowest BCUT2D eigenvalue weighted by atomic mass is 9.95. The number of benzene rings is 2. The van der Waals surface area contributed by atoms with Crippen LogP contribution in [0.3, 0.4) is 0 Å². The van der Waals surface area contributed by atoms with Gasteiger partial charge in [0.15, 0.2) is 16.6 Å². The van der Waals surface area contributed by atoms with Crippen molar-refractivity contribution >= 4 is 56.6 Å². The van der Waals surface area contributed by atoms with Crippen molar-refractivity contribution in [1.82, 2.24) is 15.3 Å². The Morgan fingerprint density at radius 1 is 1.02 bits per heavy atom. The Bertz CT molecular complexity index is 2180. The number of H-pyrrole nitrogens is 1. The minimum absolute atomic E-state index is 0.217. The zero-order valence-corrected chi connectivity index (χ0v) is 31.4. The average Bonchev–Trinajstić information content (AvgIpc) is 3.71. The van der Waals surface area contributed by atoms with Crippen LogP contribution in [0.1, 0.15) is 36.9 Å². The van der Waals surface area contributed by atoms with Gasteiger partial charge in [0.2, 0.25) is 23.0 Å². The van der Waals surface area contributed by atoms with E-state index >= 15 is 0 Å². The van der Waals surface area contributed by atoms with E-state index in [-0.39, 0.29) is 22.9 Å². The van der Waals surface area contributed by atoms with Crippen LogP contribution in [0.25, 0.3) is 33.3 Å². The topological polar surface area (TPSA) is 153 Å². The first kappa shape index (κ1) is 36.6. The number of thioether (sulfide) groups is 1. The van der Waals surface area contributed by atoms with Crippen LogP contribution in [0.4, 0.5) is 10.8 Å². The predicted octanol–water partition coefficient (Wildman–Crippen LogP) is 6.65. The lowest BCUT2D eigenvalue weighted by molar-refractivity contribution is -0.120. The van der Waals surface area contributed by atoms with Crippen LogP contribution in [0, 0.1) is 0 Å². The van der Waals surface area contributed by atoms with Crippen LogP contribution in [-0.4, -0.2) is 68.3 Å². The Labute approximate surface area is 309 Å². The molecule has 0 saturated carbocycles. The molecule has 0 saturated heterocycles. The van der Waals surface area contributed by atoms with Crippen LogP contribution in [0.5, 0.6) is 23.0 Å². The van der Waals surface area contributed by atoms with Gasteiger partial charge in [-0.15, -0.1) is 11.3 Å². The van der Waals surface area contributed by atoms with Gasteiger partial charge in [-0.25, -0.2) is 4.98 Å². The number of methoxy groups -OCH3 is 4. The quantitative estimate of drug-likeness (QED) is 0.103. The Kier molecular flexibility index (Phi) is 11.2. The second kappa shape index (κ2) is 16.0. The van der Waals surface area contributed by atoms with Crippen molar-refractivity contribution < 1.29 is 28.5 Å². The molecule has 0 aliphatic heterocycles. The summed E-state index contributed by atoms with van der Waals surface area (Å²) in [6.45, 7) is 1.46. The third-order valence-electron chi connectivity index (χ3n) is 9.07. The van der Waals surface area contributed by atoms with Gasteiger partial charge in [-0.1, -0.05) is 6.07 Å². The van der Waals surface area contributed by atoms with Gasteiger partial charge in [0.05, 0.1) is 45.9 Å². The largest absolute Gasteiger partial charge is 0.497 e. The summed E-state index contributed by atoms with van der Waals surface area (Å²) in [5.41, 5.74) is 5.46. The van der Waals surface area contributed by atoms with E-state index in [4.69, 9.17) is 23.9 Å². The number of hydrogen-bond donors (Lipinski definition) is 4. The van der Waals surface area contributed by atoms with E-state index in [1.165, 1.54) is 24.3 Å². The van der Waals surface area contributed by atoms with Gasteiger partial charge < -0.3 is 39.9 Å². The summed E-state index contributed by atoms with van der Waals surface area (Å²) >= 11 is 2.93. The number of carbonyl (C=O) groups excluding carboxylic acids is 2. The summed E-state index contributed by atoms with van der Waals surface area (Å²) in [7, 11) is 6.29. The van der Waals surface area contributed by atoms with E-state index < -0.39 is 12.1 Å². The number of fused-ring (bicyclic) bond motifs is 4. The molecule has 1 aliphatic carbocycles. The molecule has 6 rings (SSSR count). The summed E-state index contributed by atoms with van der Waals surface area (Å²) in [6.07, 6.45) is 5.42. The number of rotatable bonds is 13. The van der Waals surface area contributed by atoms with Crippen molar-refractivity contribution in [3.63, 3.8) is 0 Å². The molecular weight excluding hydrogens is 703 g/mol. The molecule has 0 bridgehead atoms. The highest BCUT2D eigenvalue weighted by Crippen LogP contribution is 2.50. The van der Waals surface area contributed by atoms with Crippen LogP contribution >= 0.6 is 23.1 Å². The number of amides is 2. The van der Waals surface area contributed by atoms with Gasteiger partial charge in [-0.2, -0.15) is 11.8 Å². The minimum Gasteiger partial charge on any atom is -0.497 e. The molecule has 5 aromatic rings. The molecule has 3 aromatic carbocycles. The maximum Gasteiger partial charge on any atom is 0.248 e. The van der Waals surface area contributed by atoms with E-state index in [1.54, 1.807) is 46.3 Å². The second-order valence-electron chi connectivity index (χ2n) is 12.2. The van der Waals surface area contributed by atoms with Crippen LogP contribution < -0.4 is 40.3 Å². The van der Waals surface area contributed by atoms with E-state index in [0.717, 1.165) is 39.0 Å². The first-order chi connectivity index (χ1) is 25.2. The maximum atomic E-state index is 14.0. The van der Waals surface area contributed by atoms with Gasteiger partial charge in [0, 0.05) is 46.6 Å². The van der Waals surface area contributed by atoms with E-state index in [2.05, 4.69) is 20.9 Å². The molecule has 2 heterocycles. The summed E-state index contributed by atoms with van der Waals surface area (Å²) in [6, 6.07) is 11.6. The first-order valence-corrected chi connectivity index (χ1v) is 18.9. The molecule has 2 aromatic heterocycles. The number of aromatic amines is 1. The van der Waals surface area contributed by atoms with Crippen LogP contribution in [0.15, 0.2) is 58.8 Å². The minimum atomic E-state index is -0.743. The van der Waals surface area contributed by atoms with Crippen molar-refractivity contribution in [3.05, 3.63) is 75.4 Å². The molecule has 2 unspecified atom stereocenters. The van der Waals surface area contributed by atoms with E-state index in [0.29, 0.717) is 58.5 Å². The first-order valence-electron chi connectivity index (χ1n) is 16.6. The zero-order chi connectivity index (χ0) is 36.9. The van der Waals surface area contributed by atoms with Crippen molar-refractivity contribution in [3.8, 4) is 45.4 Å². The summed E-state index contributed by atoms with van der Waals surface area (Å²) in [5.74, 6) is 2.29. The van der Waals surface area contributed by atoms with Crippen molar-refractivity contribution in [1.29, 1.82) is 0 Å². The number of anilines is 2. The molecule has 14 heteroatoms. The highest BCUT2D eigenvalue weighted by atomic mass is 32.2. The lowest BCUT2D eigenvalue weighted by Crippen LogP contribution is -2.36. The standard InChI is InChI=1S/C38H41N5O7S2/c1-20(44)40-27-11-7-21-15-33(48-3)35(49-4)36(50-5)34(21)24-10-12-28(32(45)17-25(24)27)41-29(13-14-51-6)37(46)43-38-42-31(19-52-38)26-18-39-30-16-22(47-2)8-9-23(26)30/h8-10,12,15-19,27,29,39H,7,11,13-14H2,1-6H3,(H,40,44)(H,41,45)(H,42,43,46). The molecule has 2 amide bonds. The zero-order valence-electron chi connectivity index (χ0n) is 29.8. The van der Waals surface area contributed by atoms with Crippen molar-refractivity contribution in [2.45, 2.75) is 38.3 Å². The molecule has 0 radical (unpaired) electrons. The maximum absolute atomic E-state index is 14.0. The third kappa shape index (κ3) is 7.39. The fourth-order valence-corrected chi connectivity index (χ4v) is 7.80. The Morgan fingerprint density at radius 2 is 1.83 bits per heavy atom. The van der Waals surface area contributed by atoms with Gasteiger partial charge in [-0.05, 0) is 78.3 Å². The predicted molar refractivity (Wildman–Crippen MR) is 208 cm³/mol. The number of aromatic nitrogens is 2.